The topological polar surface area (TPSA) is 50.1 Å². The average Bonchev–Trinajstić information content (AvgIpc) is 2.75. The van der Waals surface area contributed by atoms with Crippen LogP contribution in [0.4, 0.5) is 19.0 Å². The number of hydrogen-bond acceptors (Lipinski definition) is 3. The van der Waals surface area contributed by atoms with E-state index in [0.29, 0.717) is 16.8 Å². The summed E-state index contributed by atoms with van der Waals surface area (Å²) in [5.41, 5.74) is -0.912. The molecule has 0 spiro atoms. The second kappa shape index (κ2) is 5.23. The Bertz CT molecular complexity index is 626. The molecule has 0 radical (unpaired) electrons. The van der Waals surface area contributed by atoms with Crippen molar-refractivity contribution >= 4 is 22.6 Å². The Morgan fingerprint density at radius 3 is 2.57 bits per heavy atom. The monoisotopic (exact) mass is 319 g/mol. The number of halogens is 3. The highest BCUT2D eigenvalue weighted by Gasteiger charge is 2.47. The average molecular weight is 319 g/mol. The summed E-state index contributed by atoms with van der Waals surface area (Å²) in [7, 11) is 0. The molecule has 3 rings (SSSR count). The van der Waals surface area contributed by atoms with Crippen LogP contribution in [0.2, 0.25) is 0 Å². The third-order valence-electron chi connectivity index (χ3n) is 3.99. The van der Waals surface area contributed by atoms with E-state index in [-0.39, 0.29) is 17.4 Å². The number of nitrogens with zero attached hydrogens (tertiary/aromatic N) is 2. The molecule has 8 heteroatoms. The molecule has 1 aromatic heterocycles. The Labute approximate surface area is 123 Å². The Balaban J connectivity index is 2.09. The van der Waals surface area contributed by atoms with Gasteiger partial charge in [0.1, 0.15) is 5.25 Å². The van der Waals surface area contributed by atoms with Crippen molar-refractivity contribution in [3.05, 3.63) is 15.9 Å². The molecule has 4 nitrogen and oxygen atoms in total. The molecule has 0 bridgehead atoms. The van der Waals surface area contributed by atoms with Gasteiger partial charge in [-0.05, 0) is 19.8 Å². The van der Waals surface area contributed by atoms with Gasteiger partial charge in [0.05, 0.1) is 16.6 Å². The van der Waals surface area contributed by atoms with Crippen LogP contribution in [-0.2, 0) is 0 Å². The minimum absolute atomic E-state index is 0.0451. The number of nitrogens with one attached hydrogen (secondary N) is 1. The molecule has 1 saturated carbocycles. The summed E-state index contributed by atoms with van der Waals surface area (Å²) in [5.74, 6) is 0.172. The fourth-order valence-corrected chi connectivity index (χ4v) is 3.99. The second-order valence-corrected chi connectivity index (χ2v) is 6.81. The molecule has 0 saturated heterocycles. The lowest BCUT2D eigenvalue weighted by Gasteiger charge is -2.26. The number of H-pyrrole nitrogens is 1. The summed E-state index contributed by atoms with van der Waals surface area (Å²) >= 11 is 0.602. The van der Waals surface area contributed by atoms with Gasteiger partial charge in [-0.2, -0.15) is 13.2 Å². The van der Waals surface area contributed by atoms with Crippen molar-refractivity contribution in [3.63, 3.8) is 0 Å². The minimum Gasteiger partial charge on any atom is -0.268 e. The fourth-order valence-electron chi connectivity index (χ4n) is 3.04. The SMILES string of the molecule is CC1=Nc2c(c(=O)[nH]n2C2CCCCC2)[C@H](C(F)(F)F)S1. The molecule has 1 aliphatic carbocycles. The lowest BCUT2D eigenvalue weighted by Crippen LogP contribution is -2.25. The van der Waals surface area contributed by atoms with E-state index in [1.807, 2.05) is 0 Å². The van der Waals surface area contributed by atoms with E-state index >= 15 is 0 Å². The Morgan fingerprint density at radius 1 is 1.29 bits per heavy atom. The Kier molecular flexibility index (Phi) is 3.67. The first kappa shape index (κ1) is 14.7. The van der Waals surface area contributed by atoms with Crippen LogP contribution in [0.1, 0.15) is 55.9 Å². The van der Waals surface area contributed by atoms with E-state index in [0.717, 1.165) is 32.1 Å². The minimum atomic E-state index is -4.46. The zero-order valence-electron chi connectivity index (χ0n) is 11.5. The van der Waals surface area contributed by atoms with Crippen molar-refractivity contribution in [2.75, 3.05) is 0 Å². The van der Waals surface area contributed by atoms with Crippen LogP contribution in [-0.4, -0.2) is 21.0 Å². The van der Waals surface area contributed by atoms with E-state index < -0.39 is 17.0 Å². The lowest BCUT2D eigenvalue weighted by molar-refractivity contribution is -0.129. The number of aliphatic imine (C=N–C) groups is 1. The van der Waals surface area contributed by atoms with E-state index in [4.69, 9.17) is 0 Å². The molecule has 1 atom stereocenters. The summed E-state index contributed by atoms with van der Waals surface area (Å²) < 4.78 is 41.1. The molecular formula is C13H16F3N3OS. The highest BCUT2D eigenvalue weighted by molar-refractivity contribution is 8.14. The van der Waals surface area contributed by atoms with Gasteiger partial charge in [-0.1, -0.05) is 31.0 Å². The summed E-state index contributed by atoms with van der Waals surface area (Å²) in [6.45, 7) is 1.55. The lowest BCUT2D eigenvalue weighted by atomic mass is 9.95. The van der Waals surface area contributed by atoms with E-state index in [1.165, 1.54) is 0 Å². The standard InChI is InChI=1S/C13H16F3N3OS/c1-7-17-11-9(10(21-7)13(14,15)16)12(20)18-19(11)8-5-3-2-4-6-8/h8,10H,2-6H2,1H3,(H,18,20)/t10-/m1/s1. The maximum Gasteiger partial charge on any atom is 0.405 e. The van der Waals surface area contributed by atoms with Crippen LogP contribution >= 0.6 is 11.8 Å². The summed E-state index contributed by atoms with van der Waals surface area (Å²) in [6, 6.07) is 0.0451. The van der Waals surface area contributed by atoms with E-state index in [2.05, 4.69) is 10.1 Å². The van der Waals surface area contributed by atoms with Crippen LogP contribution < -0.4 is 5.56 Å². The van der Waals surface area contributed by atoms with E-state index in [1.54, 1.807) is 11.6 Å². The Hall–Kier alpha value is -1.18. The van der Waals surface area contributed by atoms with Gasteiger partial charge in [0.2, 0.25) is 0 Å². The zero-order chi connectivity index (χ0) is 15.2. The van der Waals surface area contributed by atoms with Crippen LogP contribution in [0.25, 0.3) is 0 Å². The summed E-state index contributed by atoms with van der Waals surface area (Å²) in [4.78, 5) is 16.2. The quantitative estimate of drug-likeness (QED) is 0.848. The number of aromatic nitrogens is 2. The number of alkyl halides is 3. The van der Waals surface area contributed by atoms with Gasteiger partial charge >= 0.3 is 6.18 Å². The van der Waals surface area contributed by atoms with Crippen LogP contribution in [0, 0.1) is 0 Å². The predicted octanol–water partition coefficient (Wildman–Crippen LogP) is 4.08. The van der Waals surface area contributed by atoms with Gasteiger partial charge in [-0.25, -0.2) is 4.99 Å². The predicted molar refractivity (Wildman–Crippen MR) is 76.3 cm³/mol. The van der Waals surface area contributed by atoms with Crippen LogP contribution in [0.3, 0.4) is 0 Å². The van der Waals surface area contributed by atoms with Gasteiger partial charge in [-0.3, -0.25) is 14.6 Å². The number of rotatable bonds is 1. The molecule has 21 heavy (non-hydrogen) atoms. The van der Waals surface area contributed by atoms with Crippen molar-refractivity contribution < 1.29 is 13.2 Å². The molecule has 2 aliphatic rings. The smallest absolute Gasteiger partial charge is 0.268 e. The fraction of sp³-hybridized carbons (Fsp3) is 0.692. The molecular weight excluding hydrogens is 303 g/mol. The maximum absolute atomic E-state index is 13.2. The molecule has 116 valence electrons. The normalized spacial score (nSPS) is 23.8. The first-order chi connectivity index (χ1) is 9.88. The first-order valence-corrected chi connectivity index (χ1v) is 7.89. The zero-order valence-corrected chi connectivity index (χ0v) is 12.4. The molecule has 1 fully saturated rings. The van der Waals surface area contributed by atoms with E-state index in [9.17, 15) is 18.0 Å². The van der Waals surface area contributed by atoms with Gasteiger partial charge < -0.3 is 0 Å². The third-order valence-corrected chi connectivity index (χ3v) is 5.16. The number of hydrogen-bond donors (Lipinski definition) is 1. The summed E-state index contributed by atoms with van der Waals surface area (Å²) in [5, 5.41) is 1.11. The third kappa shape index (κ3) is 2.65. The number of thioether (sulfide) groups is 1. The first-order valence-electron chi connectivity index (χ1n) is 7.01. The number of fused-ring (bicyclic) bond motifs is 1. The molecule has 1 aliphatic heterocycles. The van der Waals surface area contributed by atoms with Crippen molar-refractivity contribution in [1.29, 1.82) is 0 Å². The van der Waals surface area contributed by atoms with Crippen LogP contribution in [0.15, 0.2) is 9.79 Å². The maximum atomic E-state index is 13.2. The highest BCUT2D eigenvalue weighted by Crippen LogP contribution is 2.49. The van der Waals surface area contributed by atoms with Crippen molar-refractivity contribution in [1.82, 2.24) is 9.78 Å². The molecule has 0 aromatic carbocycles. The van der Waals surface area contributed by atoms with Gasteiger partial charge in [0.15, 0.2) is 5.82 Å². The Morgan fingerprint density at radius 2 is 1.95 bits per heavy atom. The molecule has 0 unspecified atom stereocenters. The largest absolute Gasteiger partial charge is 0.405 e. The summed E-state index contributed by atoms with van der Waals surface area (Å²) in [6.07, 6.45) is 0.473. The van der Waals surface area contributed by atoms with Gasteiger partial charge in [-0.15, -0.1) is 0 Å². The molecule has 1 aromatic rings. The molecule has 0 amide bonds. The highest BCUT2D eigenvalue weighted by atomic mass is 32.2. The number of aromatic amines is 1. The van der Waals surface area contributed by atoms with Crippen molar-refractivity contribution in [3.8, 4) is 0 Å². The van der Waals surface area contributed by atoms with Crippen molar-refractivity contribution in [2.45, 2.75) is 56.5 Å². The van der Waals surface area contributed by atoms with Crippen LogP contribution in [0.5, 0.6) is 0 Å². The van der Waals surface area contributed by atoms with Gasteiger partial charge in [0, 0.05) is 0 Å². The van der Waals surface area contributed by atoms with Crippen molar-refractivity contribution in [2.24, 2.45) is 4.99 Å². The van der Waals surface area contributed by atoms with Gasteiger partial charge in [0.25, 0.3) is 5.56 Å². The molecule has 2 heterocycles. The second-order valence-electron chi connectivity index (χ2n) is 5.51. The molecule has 1 N–H and O–H groups in total.